The lowest BCUT2D eigenvalue weighted by molar-refractivity contribution is -0.137. The maximum Gasteiger partial charge on any atom is 0.416 e. The summed E-state index contributed by atoms with van der Waals surface area (Å²) in [6.45, 7) is 1.41. The van der Waals surface area contributed by atoms with Gasteiger partial charge >= 0.3 is 6.18 Å². The lowest BCUT2D eigenvalue weighted by atomic mass is 10.2. The molecule has 6 nitrogen and oxygen atoms in total. The molecule has 124 valence electrons. The molecule has 0 aliphatic heterocycles. The van der Waals surface area contributed by atoms with Crippen LogP contribution in [0.2, 0.25) is 0 Å². The van der Waals surface area contributed by atoms with Gasteiger partial charge in [-0.2, -0.15) is 23.3 Å². The molecule has 2 N–H and O–H groups in total. The summed E-state index contributed by atoms with van der Waals surface area (Å²) < 4.78 is 38.1. The van der Waals surface area contributed by atoms with Crippen molar-refractivity contribution in [3.05, 3.63) is 36.0 Å². The van der Waals surface area contributed by atoms with E-state index >= 15 is 0 Å². The number of rotatable bonds is 6. The minimum absolute atomic E-state index is 0.277. The highest BCUT2D eigenvalue weighted by Gasteiger charge is 2.30. The van der Waals surface area contributed by atoms with E-state index in [-0.39, 0.29) is 5.69 Å². The van der Waals surface area contributed by atoms with E-state index in [0.29, 0.717) is 18.3 Å². The van der Waals surface area contributed by atoms with Crippen molar-refractivity contribution in [2.75, 3.05) is 37.8 Å². The van der Waals surface area contributed by atoms with Crippen molar-refractivity contribution >= 4 is 17.5 Å². The highest BCUT2D eigenvalue weighted by molar-refractivity contribution is 5.57. The summed E-state index contributed by atoms with van der Waals surface area (Å²) in [5.74, 6) is 0.621. The van der Waals surface area contributed by atoms with Gasteiger partial charge in [-0.1, -0.05) is 6.07 Å². The fourth-order valence-electron chi connectivity index (χ4n) is 1.75. The Labute approximate surface area is 131 Å². The molecule has 9 heteroatoms. The van der Waals surface area contributed by atoms with E-state index in [1.807, 2.05) is 19.0 Å². The molecule has 0 aliphatic carbocycles. The average Bonchev–Trinajstić information content (AvgIpc) is 2.47. The third-order valence-electron chi connectivity index (χ3n) is 2.86. The van der Waals surface area contributed by atoms with Gasteiger partial charge in [-0.25, -0.2) is 0 Å². The van der Waals surface area contributed by atoms with E-state index in [1.165, 1.54) is 18.3 Å². The Balaban J connectivity index is 2.06. The number of alkyl halides is 3. The topological polar surface area (TPSA) is 66.0 Å². The standard InChI is InChI=1S/C14H17F3N6/c1-23(2)7-6-18-13-21-12(9-19-22-13)20-11-5-3-4-10(8-11)14(15,16)17/h3-5,8-9H,6-7H2,1-2H3,(H2,18,20,21,22). The zero-order valence-electron chi connectivity index (χ0n) is 12.7. The summed E-state index contributed by atoms with van der Waals surface area (Å²) in [5.41, 5.74) is -0.451. The van der Waals surface area contributed by atoms with Crippen LogP contribution in [0.1, 0.15) is 5.56 Å². The van der Waals surface area contributed by atoms with E-state index in [1.54, 1.807) is 0 Å². The van der Waals surface area contributed by atoms with Crippen LogP contribution in [0.5, 0.6) is 0 Å². The van der Waals surface area contributed by atoms with E-state index < -0.39 is 11.7 Å². The molecule has 0 amide bonds. The van der Waals surface area contributed by atoms with Crippen LogP contribution in [0.4, 0.5) is 30.6 Å². The first-order chi connectivity index (χ1) is 10.8. The van der Waals surface area contributed by atoms with Crippen LogP contribution in [-0.4, -0.2) is 47.3 Å². The molecule has 23 heavy (non-hydrogen) atoms. The molecule has 2 aromatic rings. The molecule has 2 rings (SSSR count). The van der Waals surface area contributed by atoms with Crippen molar-refractivity contribution in [2.45, 2.75) is 6.18 Å². The number of hydrogen-bond acceptors (Lipinski definition) is 6. The Kier molecular flexibility index (Phi) is 5.32. The quantitative estimate of drug-likeness (QED) is 0.851. The van der Waals surface area contributed by atoms with Crippen molar-refractivity contribution < 1.29 is 13.2 Å². The number of hydrogen-bond donors (Lipinski definition) is 2. The SMILES string of the molecule is CN(C)CCNc1nncc(Nc2cccc(C(F)(F)F)c2)n1. The van der Waals surface area contributed by atoms with Gasteiger partial charge in [0, 0.05) is 18.8 Å². The van der Waals surface area contributed by atoms with Crippen molar-refractivity contribution in [3.8, 4) is 0 Å². The summed E-state index contributed by atoms with van der Waals surface area (Å²) in [5, 5.41) is 13.4. The van der Waals surface area contributed by atoms with Gasteiger partial charge in [-0.05, 0) is 32.3 Å². The van der Waals surface area contributed by atoms with Gasteiger partial charge in [0.05, 0.1) is 11.8 Å². The summed E-state index contributed by atoms with van der Waals surface area (Å²) in [6, 6.07) is 4.88. The lowest BCUT2D eigenvalue weighted by Crippen LogP contribution is -2.21. The van der Waals surface area contributed by atoms with Crippen LogP contribution in [0.25, 0.3) is 0 Å². The zero-order chi connectivity index (χ0) is 16.9. The first-order valence-electron chi connectivity index (χ1n) is 6.87. The van der Waals surface area contributed by atoms with Gasteiger partial charge in [0.1, 0.15) is 0 Å². The number of likely N-dealkylation sites (N-methyl/N-ethyl adjacent to an activating group) is 1. The molecule has 0 aliphatic rings. The second-order valence-electron chi connectivity index (χ2n) is 5.10. The van der Waals surface area contributed by atoms with Gasteiger partial charge < -0.3 is 15.5 Å². The predicted molar refractivity (Wildman–Crippen MR) is 81.6 cm³/mol. The smallest absolute Gasteiger partial charge is 0.352 e. The summed E-state index contributed by atoms with van der Waals surface area (Å²) >= 11 is 0. The van der Waals surface area contributed by atoms with Gasteiger partial charge in [-0.15, -0.1) is 5.10 Å². The summed E-state index contributed by atoms with van der Waals surface area (Å²) in [6.07, 6.45) is -3.04. The number of nitrogens with zero attached hydrogens (tertiary/aromatic N) is 4. The highest BCUT2D eigenvalue weighted by atomic mass is 19.4. The van der Waals surface area contributed by atoms with Gasteiger partial charge in [0.25, 0.3) is 0 Å². The molecule has 0 saturated heterocycles. The fraction of sp³-hybridized carbons (Fsp3) is 0.357. The molecule has 0 spiro atoms. The minimum Gasteiger partial charge on any atom is -0.352 e. The van der Waals surface area contributed by atoms with E-state index in [0.717, 1.165) is 18.7 Å². The molecule has 0 saturated carbocycles. The summed E-state index contributed by atoms with van der Waals surface area (Å²) in [7, 11) is 3.87. The molecule has 0 unspecified atom stereocenters. The number of nitrogens with one attached hydrogen (secondary N) is 2. The predicted octanol–water partition coefficient (Wildman–Crippen LogP) is 2.61. The Morgan fingerprint density at radius 3 is 2.70 bits per heavy atom. The van der Waals surface area contributed by atoms with Crippen LogP contribution < -0.4 is 10.6 Å². The molecule has 1 aromatic heterocycles. The molecular formula is C14H17F3N6. The Morgan fingerprint density at radius 2 is 2.00 bits per heavy atom. The second-order valence-corrected chi connectivity index (χ2v) is 5.10. The maximum absolute atomic E-state index is 12.7. The number of aromatic nitrogens is 3. The second kappa shape index (κ2) is 7.23. The van der Waals surface area contributed by atoms with Crippen LogP contribution in [-0.2, 0) is 6.18 Å². The van der Waals surface area contributed by atoms with Crippen molar-refractivity contribution in [2.24, 2.45) is 0 Å². The normalized spacial score (nSPS) is 11.6. The van der Waals surface area contributed by atoms with Crippen molar-refractivity contribution in [1.29, 1.82) is 0 Å². The average molecular weight is 326 g/mol. The fourth-order valence-corrected chi connectivity index (χ4v) is 1.75. The molecule has 1 aromatic carbocycles. The maximum atomic E-state index is 12.7. The molecular weight excluding hydrogens is 309 g/mol. The zero-order valence-corrected chi connectivity index (χ0v) is 12.7. The van der Waals surface area contributed by atoms with Crippen LogP contribution in [0, 0.1) is 0 Å². The van der Waals surface area contributed by atoms with Crippen LogP contribution >= 0.6 is 0 Å². The van der Waals surface area contributed by atoms with Crippen molar-refractivity contribution in [3.63, 3.8) is 0 Å². The van der Waals surface area contributed by atoms with E-state index in [2.05, 4.69) is 25.8 Å². The third-order valence-corrected chi connectivity index (χ3v) is 2.86. The molecule has 0 radical (unpaired) electrons. The molecule has 1 heterocycles. The number of anilines is 3. The van der Waals surface area contributed by atoms with Gasteiger partial charge in [-0.3, -0.25) is 0 Å². The first kappa shape index (κ1) is 16.9. The highest BCUT2D eigenvalue weighted by Crippen LogP contribution is 2.31. The van der Waals surface area contributed by atoms with E-state index in [9.17, 15) is 13.2 Å². The van der Waals surface area contributed by atoms with E-state index in [4.69, 9.17) is 0 Å². The Morgan fingerprint density at radius 1 is 1.22 bits per heavy atom. The number of benzene rings is 1. The largest absolute Gasteiger partial charge is 0.416 e. The summed E-state index contributed by atoms with van der Waals surface area (Å²) in [4.78, 5) is 6.15. The Bertz CT molecular complexity index is 644. The van der Waals surface area contributed by atoms with Gasteiger partial charge in [0.15, 0.2) is 5.82 Å². The molecule has 0 atom stereocenters. The van der Waals surface area contributed by atoms with Gasteiger partial charge in [0.2, 0.25) is 5.95 Å². The first-order valence-corrected chi connectivity index (χ1v) is 6.87. The van der Waals surface area contributed by atoms with Crippen LogP contribution in [0.15, 0.2) is 30.5 Å². The number of halogens is 3. The molecule has 0 bridgehead atoms. The Hall–Kier alpha value is -2.42. The third kappa shape index (κ3) is 5.37. The molecule has 0 fully saturated rings. The monoisotopic (exact) mass is 326 g/mol. The lowest BCUT2D eigenvalue weighted by Gasteiger charge is -2.11. The van der Waals surface area contributed by atoms with Crippen LogP contribution in [0.3, 0.4) is 0 Å². The van der Waals surface area contributed by atoms with Crippen molar-refractivity contribution in [1.82, 2.24) is 20.1 Å². The minimum atomic E-state index is -4.39.